The Morgan fingerprint density at radius 3 is 2.61 bits per heavy atom. The van der Waals surface area contributed by atoms with Gasteiger partial charge in [-0.1, -0.05) is 31.9 Å². The first-order valence-corrected chi connectivity index (χ1v) is 8.05. The number of hydrogen-bond donors (Lipinski definition) is 1. The highest BCUT2D eigenvalue weighted by molar-refractivity contribution is 5.89. The molecule has 0 spiro atoms. The zero-order chi connectivity index (χ0) is 16.5. The summed E-state index contributed by atoms with van der Waals surface area (Å²) in [6, 6.07) is 7.90. The molecule has 0 aliphatic heterocycles. The standard InChI is InChI=1S/C18H24N4O/c1-3-4-5-6-15-7-9-16(10-8-15)21-18(23)22(2)14-17-13-19-11-12-20-17/h7-13H,3-6,14H2,1-2H3,(H,21,23). The van der Waals surface area contributed by atoms with E-state index in [2.05, 4.69) is 34.3 Å². The summed E-state index contributed by atoms with van der Waals surface area (Å²) in [6.45, 7) is 2.63. The summed E-state index contributed by atoms with van der Waals surface area (Å²) in [4.78, 5) is 21.9. The number of urea groups is 1. The Morgan fingerprint density at radius 1 is 1.17 bits per heavy atom. The van der Waals surface area contributed by atoms with Gasteiger partial charge in [0.2, 0.25) is 0 Å². The van der Waals surface area contributed by atoms with Crippen LogP contribution in [0.2, 0.25) is 0 Å². The molecule has 2 rings (SSSR count). The van der Waals surface area contributed by atoms with Crippen molar-refractivity contribution in [1.82, 2.24) is 14.9 Å². The molecular weight excluding hydrogens is 288 g/mol. The van der Waals surface area contributed by atoms with E-state index in [0.29, 0.717) is 6.54 Å². The molecule has 0 saturated carbocycles. The lowest BCUT2D eigenvalue weighted by molar-refractivity contribution is 0.220. The van der Waals surface area contributed by atoms with Gasteiger partial charge in [-0.05, 0) is 30.5 Å². The molecule has 1 aromatic heterocycles. The lowest BCUT2D eigenvalue weighted by Crippen LogP contribution is -2.31. The average molecular weight is 312 g/mol. The van der Waals surface area contributed by atoms with Crippen LogP contribution < -0.4 is 5.32 Å². The number of aryl methyl sites for hydroxylation is 1. The smallest absolute Gasteiger partial charge is 0.321 e. The number of nitrogens with zero attached hydrogens (tertiary/aromatic N) is 3. The van der Waals surface area contributed by atoms with Gasteiger partial charge in [-0.25, -0.2) is 4.79 Å². The van der Waals surface area contributed by atoms with E-state index in [0.717, 1.165) is 17.8 Å². The molecule has 1 heterocycles. The Labute approximate surface area is 137 Å². The molecule has 0 bridgehead atoms. The van der Waals surface area contributed by atoms with Crippen LogP contribution in [0.5, 0.6) is 0 Å². The van der Waals surface area contributed by atoms with Gasteiger partial charge in [-0.15, -0.1) is 0 Å². The highest BCUT2D eigenvalue weighted by Crippen LogP contribution is 2.13. The number of rotatable bonds is 7. The summed E-state index contributed by atoms with van der Waals surface area (Å²) in [7, 11) is 1.74. The fraction of sp³-hybridized carbons (Fsp3) is 0.389. The molecule has 1 N–H and O–H groups in total. The van der Waals surface area contributed by atoms with Crippen molar-refractivity contribution in [2.45, 2.75) is 39.2 Å². The maximum atomic E-state index is 12.2. The molecule has 0 aliphatic rings. The first-order valence-electron chi connectivity index (χ1n) is 8.05. The summed E-state index contributed by atoms with van der Waals surface area (Å²) in [5, 5.41) is 2.90. The van der Waals surface area contributed by atoms with Crippen molar-refractivity contribution in [3.8, 4) is 0 Å². The van der Waals surface area contributed by atoms with E-state index >= 15 is 0 Å². The molecule has 0 aliphatic carbocycles. The first-order chi connectivity index (χ1) is 11.2. The highest BCUT2D eigenvalue weighted by atomic mass is 16.2. The lowest BCUT2D eigenvalue weighted by atomic mass is 10.1. The molecule has 23 heavy (non-hydrogen) atoms. The predicted octanol–water partition coefficient (Wildman–Crippen LogP) is 3.87. The SMILES string of the molecule is CCCCCc1ccc(NC(=O)N(C)Cc2cnccn2)cc1. The average Bonchev–Trinajstić information content (AvgIpc) is 2.57. The monoisotopic (exact) mass is 312 g/mol. The predicted molar refractivity (Wildman–Crippen MR) is 92.2 cm³/mol. The van der Waals surface area contributed by atoms with Gasteiger partial charge in [0.1, 0.15) is 0 Å². The zero-order valence-electron chi connectivity index (χ0n) is 13.8. The molecule has 0 saturated heterocycles. The van der Waals surface area contributed by atoms with Gasteiger partial charge in [0.15, 0.2) is 0 Å². The van der Waals surface area contributed by atoms with E-state index in [4.69, 9.17) is 0 Å². The van der Waals surface area contributed by atoms with Crippen molar-refractivity contribution in [1.29, 1.82) is 0 Å². The number of unbranched alkanes of at least 4 members (excludes halogenated alkanes) is 2. The summed E-state index contributed by atoms with van der Waals surface area (Å²) in [6.07, 6.45) is 9.69. The van der Waals surface area contributed by atoms with E-state index < -0.39 is 0 Å². The van der Waals surface area contributed by atoms with Crippen molar-refractivity contribution in [2.24, 2.45) is 0 Å². The third-order valence-electron chi connectivity index (χ3n) is 3.64. The van der Waals surface area contributed by atoms with Crippen LogP contribution in [0.4, 0.5) is 10.5 Å². The largest absolute Gasteiger partial charge is 0.322 e. The van der Waals surface area contributed by atoms with Crippen molar-refractivity contribution in [3.05, 3.63) is 54.1 Å². The van der Waals surface area contributed by atoms with Crippen LogP contribution in [0.25, 0.3) is 0 Å². The van der Waals surface area contributed by atoms with Crippen molar-refractivity contribution in [3.63, 3.8) is 0 Å². The highest BCUT2D eigenvalue weighted by Gasteiger charge is 2.10. The summed E-state index contributed by atoms with van der Waals surface area (Å²) in [5.74, 6) is 0. The van der Waals surface area contributed by atoms with Gasteiger partial charge in [0, 0.05) is 25.1 Å². The van der Waals surface area contributed by atoms with Gasteiger partial charge in [0.25, 0.3) is 0 Å². The Hall–Kier alpha value is -2.43. The van der Waals surface area contributed by atoms with Gasteiger partial charge >= 0.3 is 6.03 Å². The second-order valence-corrected chi connectivity index (χ2v) is 5.64. The fourth-order valence-corrected chi connectivity index (χ4v) is 2.28. The van der Waals surface area contributed by atoms with E-state index in [9.17, 15) is 4.79 Å². The Morgan fingerprint density at radius 2 is 1.96 bits per heavy atom. The maximum absolute atomic E-state index is 12.2. The Kier molecular flexibility index (Phi) is 6.54. The number of anilines is 1. The normalized spacial score (nSPS) is 10.3. The molecule has 122 valence electrons. The number of hydrogen-bond acceptors (Lipinski definition) is 3. The molecule has 5 nitrogen and oxygen atoms in total. The second kappa shape index (κ2) is 8.88. The zero-order valence-corrected chi connectivity index (χ0v) is 13.8. The van der Waals surface area contributed by atoms with Crippen LogP contribution >= 0.6 is 0 Å². The quantitative estimate of drug-likeness (QED) is 0.789. The fourth-order valence-electron chi connectivity index (χ4n) is 2.28. The molecule has 5 heteroatoms. The van der Waals surface area contributed by atoms with Crippen molar-refractivity contribution >= 4 is 11.7 Å². The van der Waals surface area contributed by atoms with Crippen LogP contribution in [-0.4, -0.2) is 27.9 Å². The van der Waals surface area contributed by atoms with Crippen molar-refractivity contribution < 1.29 is 4.79 Å². The number of nitrogens with one attached hydrogen (secondary N) is 1. The van der Waals surface area contributed by atoms with Gasteiger partial charge < -0.3 is 10.2 Å². The second-order valence-electron chi connectivity index (χ2n) is 5.64. The molecule has 0 atom stereocenters. The molecule has 0 fully saturated rings. The summed E-state index contributed by atoms with van der Waals surface area (Å²) >= 11 is 0. The van der Waals surface area contributed by atoms with Crippen LogP contribution in [0, 0.1) is 0 Å². The van der Waals surface area contributed by atoms with Crippen LogP contribution in [0.3, 0.4) is 0 Å². The van der Waals surface area contributed by atoms with E-state index in [-0.39, 0.29) is 6.03 Å². The van der Waals surface area contributed by atoms with E-state index in [1.165, 1.54) is 24.8 Å². The Bertz CT molecular complexity index is 598. The molecular formula is C18H24N4O. The molecule has 0 unspecified atom stereocenters. The van der Waals surface area contributed by atoms with E-state index in [1.54, 1.807) is 30.5 Å². The summed E-state index contributed by atoms with van der Waals surface area (Å²) in [5.41, 5.74) is 2.88. The van der Waals surface area contributed by atoms with Gasteiger partial charge in [-0.2, -0.15) is 0 Å². The minimum Gasteiger partial charge on any atom is -0.322 e. The lowest BCUT2D eigenvalue weighted by Gasteiger charge is -2.17. The number of carbonyl (C=O) groups excluding carboxylic acids is 1. The van der Waals surface area contributed by atoms with E-state index in [1.807, 2.05) is 12.1 Å². The van der Waals surface area contributed by atoms with Gasteiger partial charge in [-0.3, -0.25) is 9.97 Å². The third-order valence-corrected chi connectivity index (χ3v) is 3.64. The minimum absolute atomic E-state index is 0.158. The van der Waals surface area contributed by atoms with Crippen LogP contribution in [-0.2, 0) is 13.0 Å². The number of amides is 2. The molecule has 2 aromatic rings. The number of carbonyl (C=O) groups is 1. The molecule has 1 aromatic carbocycles. The Balaban J connectivity index is 1.84. The third kappa shape index (κ3) is 5.70. The number of aromatic nitrogens is 2. The van der Waals surface area contributed by atoms with Crippen LogP contribution in [0.15, 0.2) is 42.9 Å². The molecule has 0 radical (unpaired) electrons. The van der Waals surface area contributed by atoms with Crippen molar-refractivity contribution in [2.75, 3.05) is 12.4 Å². The minimum atomic E-state index is -0.158. The maximum Gasteiger partial charge on any atom is 0.321 e. The topological polar surface area (TPSA) is 58.1 Å². The number of benzene rings is 1. The molecule has 2 amide bonds. The van der Waals surface area contributed by atoms with Crippen LogP contribution in [0.1, 0.15) is 37.4 Å². The first kappa shape index (κ1) is 16.9. The summed E-state index contributed by atoms with van der Waals surface area (Å²) < 4.78 is 0. The van der Waals surface area contributed by atoms with Gasteiger partial charge in [0.05, 0.1) is 18.4 Å².